The molecule has 0 saturated heterocycles. The normalized spacial score (nSPS) is 11.1. The number of Topliss-reactive ketones (excluding diaryl/α,β-unsaturated/α-hetero) is 2. The summed E-state index contributed by atoms with van der Waals surface area (Å²) in [6.45, 7) is 0. The van der Waals surface area contributed by atoms with E-state index in [0.717, 1.165) is 55.1 Å². The molecule has 4 N–H and O–H groups in total. The molecule has 6 heteroatoms. The monoisotopic (exact) mass is 900 g/mol. The minimum atomic E-state index is -0.470. The molecule has 0 aliphatic carbocycles. The molecule has 332 valence electrons. The highest BCUT2D eigenvalue weighted by Gasteiger charge is 2.20. The molecule has 0 fully saturated rings. The molecule has 0 bridgehead atoms. The molecule has 13 aromatic rings. The van der Waals surface area contributed by atoms with Crippen molar-refractivity contribution in [2.24, 2.45) is 0 Å². The number of nitrogens with zero attached hydrogens (tertiary/aromatic N) is 2. The summed E-state index contributed by atoms with van der Waals surface area (Å²) in [5, 5.41) is 13.7. The summed E-state index contributed by atoms with van der Waals surface area (Å²) >= 11 is 0. The predicted octanol–water partition coefficient (Wildman–Crippen LogP) is 15.5. The van der Waals surface area contributed by atoms with Crippen LogP contribution in [0.3, 0.4) is 0 Å². The van der Waals surface area contributed by atoms with Crippen molar-refractivity contribution < 1.29 is 9.59 Å². The summed E-state index contributed by atoms with van der Waals surface area (Å²) in [5.74, 6) is -0.935. The summed E-state index contributed by atoms with van der Waals surface area (Å²) in [4.78, 5) is 35.1. The number of ketones is 2. The standard InChI is InChI=1S/C32H20N2.C18H12O2.C14H12N2/c1-2-10-22(11-3-1)31-32(28-16-8-14-21-9-6-7-15-27(21)28)34-30-20-26-18-24-13-5-4-12-23(24)17-25(26)19-29(30)33-31;19-17(14-8-2-1-3-9-14)18(20)16-12-6-10-13-7-4-5-11-15(13)16;15-13-7-11-5-9-3-1-2-4-10(9)6-12(11)8-14(13)16/h1-20H;1-12H;1-8H,15-16H2. The van der Waals surface area contributed by atoms with Crippen LogP contribution in [0.25, 0.3) is 98.2 Å². The first kappa shape index (κ1) is 43.1. The minimum Gasteiger partial charge on any atom is -0.397 e. The Hall–Kier alpha value is -9.52. The van der Waals surface area contributed by atoms with Crippen LogP contribution in [0.1, 0.15) is 20.7 Å². The van der Waals surface area contributed by atoms with Crippen molar-refractivity contribution in [3.8, 4) is 22.5 Å². The van der Waals surface area contributed by atoms with Crippen molar-refractivity contribution in [2.45, 2.75) is 0 Å². The molecule has 1 aromatic heterocycles. The average Bonchev–Trinajstić information content (AvgIpc) is 3.41. The van der Waals surface area contributed by atoms with E-state index in [2.05, 4.69) is 140 Å². The molecular formula is C64H44N4O2. The Morgan fingerprint density at radius 1 is 0.314 bits per heavy atom. The van der Waals surface area contributed by atoms with Gasteiger partial charge < -0.3 is 11.5 Å². The third-order valence-electron chi connectivity index (χ3n) is 12.8. The second-order valence-electron chi connectivity index (χ2n) is 17.3. The number of carbonyl (C=O) groups is 2. The Kier molecular flexibility index (Phi) is 11.5. The van der Waals surface area contributed by atoms with E-state index >= 15 is 0 Å². The molecule has 0 aliphatic heterocycles. The molecule has 0 saturated carbocycles. The number of rotatable bonds is 5. The summed E-state index contributed by atoms with van der Waals surface area (Å²) in [6.07, 6.45) is 0. The second-order valence-corrected chi connectivity index (χ2v) is 17.3. The van der Waals surface area contributed by atoms with E-state index in [0.29, 0.717) is 22.5 Å². The predicted molar refractivity (Wildman–Crippen MR) is 292 cm³/mol. The molecule has 0 atom stereocenters. The lowest BCUT2D eigenvalue weighted by molar-refractivity contribution is 0.0818. The van der Waals surface area contributed by atoms with Crippen LogP contribution in [0.2, 0.25) is 0 Å². The Labute approximate surface area is 404 Å². The number of fused-ring (bicyclic) bond motifs is 7. The highest BCUT2D eigenvalue weighted by atomic mass is 16.2. The average molecular weight is 901 g/mol. The van der Waals surface area contributed by atoms with Gasteiger partial charge in [0.15, 0.2) is 0 Å². The Balaban J connectivity index is 0.000000126. The number of hydrogen-bond acceptors (Lipinski definition) is 6. The van der Waals surface area contributed by atoms with Crippen molar-refractivity contribution in [3.05, 3.63) is 254 Å². The van der Waals surface area contributed by atoms with Gasteiger partial charge in [0.1, 0.15) is 0 Å². The van der Waals surface area contributed by atoms with Gasteiger partial charge in [0.2, 0.25) is 11.6 Å². The van der Waals surface area contributed by atoms with E-state index in [1.165, 1.54) is 43.1 Å². The Morgan fingerprint density at radius 2 is 0.714 bits per heavy atom. The van der Waals surface area contributed by atoms with Gasteiger partial charge in [-0.1, -0.05) is 194 Å². The van der Waals surface area contributed by atoms with Crippen molar-refractivity contribution in [1.82, 2.24) is 9.97 Å². The summed E-state index contributed by atoms with van der Waals surface area (Å²) in [6, 6.07) is 80.6. The largest absolute Gasteiger partial charge is 0.397 e. The SMILES string of the molecule is Nc1cc2cc3ccccc3cc2cc1N.O=C(C(=O)c1cccc2ccccc12)c1ccccc1.c1ccc(-c2nc3cc4cc5ccccc5cc4cc3nc2-c2cccc3ccccc23)cc1. The number of nitrogens with two attached hydrogens (primary N) is 2. The van der Waals surface area contributed by atoms with Crippen molar-refractivity contribution >= 4 is 98.6 Å². The third-order valence-corrected chi connectivity index (χ3v) is 12.8. The number of benzene rings is 12. The van der Waals surface area contributed by atoms with Gasteiger partial charge in [-0.15, -0.1) is 0 Å². The molecule has 0 amide bonds. The van der Waals surface area contributed by atoms with Crippen LogP contribution < -0.4 is 11.5 Å². The fourth-order valence-corrected chi connectivity index (χ4v) is 9.20. The van der Waals surface area contributed by atoms with Gasteiger partial charge in [0.25, 0.3) is 0 Å². The molecule has 12 aromatic carbocycles. The zero-order chi connectivity index (χ0) is 47.6. The molecule has 0 radical (unpaired) electrons. The van der Waals surface area contributed by atoms with Gasteiger partial charge >= 0.3 is 0 Å². The first-order chi connectivity index (χ1) is 34.3. The van der Waals surface area contributed by atoms with E-state index in [9.17, 15) is 9.59 Å². The molecule has 0 aliphatic rings. The van der Waals surface area contributed by atoms with Crippen molar-refractivity contribution in [1.29, 1.82) is 0 Å². The van der Waals surface area contributed by atoms with E-state index in [4.69, 9.17) is 21.4 Å². The molecule has 13 rings (SSSR count). The van der Waals surface area contributed by atoms with E-state index < -0.39 is 11.6 Å². The van der Waals surface area contributed by atoms with E-state index in [-0.39, 0.29) is 0 Å². The summed E-state index contributed by atoms with van der Waals surface area (Å²) in [7, 11) is 0. The van der Waals surface area contributed by atoms with E-state index in [1.807, 2.05) is 66.7 Å². The van der Waals surface area contributed by atoms with Crippen molar-refractivity contribution in [2.75, 3.05) is 11.5 Å². The Morgan fingerprint density at radius 3 is 1.26 bits per heavy atom. The molecule has 0 unspecified atom stereocenters. The fourth-order valence-electron chi connectivity index (χ4n) is 9.20. The summed E-state index contributed by atoms with van der Waals surface area (Å²) in [5.41, 5.74) is 19.6. The van der Waals surface area contributed by atoms with Crippen LogP contribution >= 0.6 is 0 Å². The number of anilines is 2. The molecule has 70 heavy (non-hydrogen) atoms. The maximum atomic E-state index is 12.4. The maximum Gasteiger partial charge on any atom is 0.234 e. The Bertz CT molecular complexity index is 4060. The molecule has 0 spiro atoms. The van der Waals surface area contributed by atoms with Gasteiger partial charge in [-0.05, 0) is 113 Å². The van der Waals surface area contributed by atoms with Crippen LogP contribution in [0.5, 0.6) is 0 Å². The lowest BCUT2D eigenvalue weighted by Crippen LogP contribution is -2.14. The quantitative estimate of drug-likeness (QED) is 0.0770. The van der Waals surface area contributed by atoms with Crippen LogP contribution in [0.4, 0.5) is 11.4 Å². The van der Waals surface area contributed by atoms with Crippen LogP contribution in [-0.2, 0) is 0 Å². The van der Waals surface area contributed by atoms with Crippen LogP contribution in [0, 0.1) is 0 Å². The minimum absolute atomic E-state index is 0.422. The number of nitrogen functional groups attached to an aromatic ring is 2. The van der Waals surface area contributed by atoms with E-state index in [1.54, 1.807) is 36.4 Å². The van der Waals surface area contributed by atoms with Crippen molar-refractivity contribution in [3.63, 3.8) is 0 Å². The zero-order valence-electron chi connectivity index (χ0n) is 38.0. The fraction of sp³-hybridized carbons (Fsp3) is 0. The van der Waals surface area contributed by atoms with Gasteiger partial charge in [0, 0.05) is 22.3 Å². The lowest BCUT2D eigenvalue weighted by Gasteiger charge is -2.13. The topological polar surface area (TPSA) is 112 Å². The highest BCUT2D eigenvalue weighted by molar-refractivity contribution is 6.50. The number of carbonyl (C=O) groups excluding carboxylic acids is 2. The molecular weight excluding hydrogens is 857 g/mol. The smallest absolute Gasteiger partial charge is 0.234 e. The second kappa shape index (κ2) is 18.6. The summed E-state index contributed by atoms with van der Waals surface area (Å²) < 4.78 is 0. The van der Waals surface area contributed by atoms with Gasteiger partial charge in [0.05, 0.1) is 33.8 Å². The van der Waals surface area contributed by atoms with Gasteiger partial charge in [-0.2, -0.15) is 0 Å². The first-order valence-electron chi connectivity index (χ1n) is 23.1. The molecule has 6 nitrogen and oxygen atoms in total. The zero-order valence-corrected chi connectivity index (χ0v) is 38.0. The highest BCUT2D eigenvalue weighted by Crippen LogP contribution is 2.37. The van der Waals surface area contributed by atoms with Gasteiger partial charge in [-0.25, -0.2) is 9.97 Å². The van der Waals surface area contributed by atoms with Crippen LogP contribution in [0.15, 0.2) is 243 Å². The first-order valence-corrected chi connectivity index (χ1v) is 23.1. The van der Waals surface area contributed by atoms with Crippen LogP contribution in [-0.4, -0.2) is 21.5 Å². The van der Waals surface area contributed by atoms with Gasteiger partial charge in [-0.3, -0.25) is 9.59 Å². The third kappa shape index (κ3) is 8.53. The number of aromatic nitrogens is 2. The lowest BCUT2D eigenvalue weighted by atomic mass is 9.96. The number of hydrogen-bond donors (Lipinski definition) is 2. The maximum absolute atomic E-state index is 12.4. The molecule has 1 heterocycles.